The average Bonchev–Trinajstić information content (AvgIpc) is 2.27. The Bertz CT molecular complexity index is 379. The van der Waals surface area contributed by atoms with E-state index in [4.69, 9.17) is 16.3 Å². The van der Waals surface area contributed by atoms with Crippen molar-refractivity contribution in [3.63, 3.8) is 0 Å². The summed E-state index contributed by atoms with van der Waals surface area (Å²) >= 11 is 5.60. The lowest BCUT2D eigenvalue weighted by Crippen LogP contribution is -2.32. The van der Waals surface area contributed by atoms with E-state index in [1.54, 1.807) is 13.0 Å². The summed E-state index contributed by atoms with van der Waals surface area (Å²) < 4.78 is 30.2. The molecule has 1 aromatic heterocycles. The van der Waals surface area contributed by atoms with Gasteiger partial charge in [0.1, 0.15) is 0 Å². The lowest BCUT2D eigenvalue weighted by molar-refractivity contribution is 0.154. The molecule has 0 aliphatic carbocycles. The van der Waals surface area contributed by atoms with Crippen LogP contribution in [0.3, 0.4) is 0 Å². The van der Waals surface area contributed by atoms with Gasteiger partial charge in [-0.15, -0.1) is 11.6 Å². The molecule has 0 aromatic carbocycles. The van der Waals surface area contributed by atoms with Crippen molar-refractivity contribution in [1.29, 1.82) is 0 Å². The molecule has 102 valence electrons. The molecule has 0 aliphatic rings. The maximum Gasteiger partial charge on any atom is 0.255 e. The van der Waals surface area contributed by atoms with Crippen molar-refractivity contribution >= 4 is 17.5 Å². The number of anilines is 1. The highest BCUT2D eigenvalue weighted by Crippen LogP contribution is 2.16. The molecule has 0 aliphatic heterocycles. The van der Waals surface area contributed by atoms with Crippen molar-refractivity contribution < 1.29 is 13.5 Å². The van der Waals surface area contributed by atoms with E-state index in [0.29, 0.717) is 18.2 Å². The molecule has 0 unspecified atom stereocenters. The summed E-state index contributed by atoms with van der Waals surface area (Å²) in [4.78, 5) is 9.58. The van der Waals surface area contributed by atoms with Crippen LogP contribution < -0.4 is 9.64 Å². The van der Waals surface area contributed by atoms with E-state index in [2.05, 4.69) is 9.97 Å². The molecular formula is C11H16ClF2N3O. The van der Waals surface area contributed by atoms with E-state index in [1.807, 2.05) is 6.92 Å². The van der Waals surface area contributed by atoms with Crippen molar-refractivity contribution in [2.75, 3.05) is 30.5 Å². The molecule has 0 bridgehead atoms. The normalized spacial score (nSPS) is 10.8. The van der Waals surface area contributed by atoms with Crippen molar-refractivity contribution in [3.8, 4) is 5.88 Å². The number of aryl methyl sites for hydroxylation is 1. The zero-order chi connectivity index (χ0) is 13.5. The molecule has 0 fully saturated rings. The molecule has 1 rings (SSSR count). The quantitative estimate of drug-likeness (QED) is 0.719. The zero-order valence-corrected chi connectivity index (χ0v) is 11.1. The summed E-state index contributed by atoms with van der Waals surface area (Å²) in [6, 6.07) is 1.66. The van der Waals surface area contributed by atoms with Gasteiger partial charge in [-0.05, 0) is 13.8 Å². The Balaban J connectivity index is 2.95. The fourth-order valence-electron chi connectivity index (χ4n) is 1.43. The summed E-state index contributed by atoms with van der Waals surface area (Å²) in [6.07, 6.45) is -2.46. The summed E-state index contributed by atoms with van der Waals surface area (Å²) in [6.45, 7) is 3.87. The smallest absolute Gasteiger partial charge is 0.255 e. The lowest BCUT2D eigenvalue weighted by Gasteiger charge is -2.21. The maximum atomic E-state index is 12.5. The predicted octanol–water partition coefficient (Wildman–Crippen LogP) is 2.49. The molecule has 0 saturated carbocycles. The first-order valence-electron chi connectivity index (χ1n) is 5.64. The van der Waals surface area contributed by atoms with Crippen LogP contribution in [0.2, 0.25) is 0 Å². The SMILES string of the molecule is CCOc1cc(C)nc(N(CCCl)CC(F)F)n1. The predicted molar refractivity (Wildman–Crippen MR) is 66.9 cm³/mol. The van der Waals surface area contributed by atoms with Crippen LogP contribution in [0.25, 0.3) is 0 Å². The Labute approximate surface area is 110 Å². The third-order valence-corrected chi connectivity index (χ3v) is 2.28. The second-order valence-electron chi connectivity index (χ2n) is 3.61. The minimum absolute atomic E-state index is 0.222. The monoisotopic (exact) mass is 279 g/mol. The Kier molecular flexibility index (Phi) is 6.04. The number of hydrogen-bond donors (Lipinski definition) is 0. The number of alkyl halides is 3. The summed E-state index contributed by atoms with van der Waals surface area (Å²) in [5, 5.41) is 0. The number of halogens is 3. The van der Waals surface area contributed by atoms with E-state index in [-0.39, 0.29) is 18.4 Å². The van der Waals surface area contributed by atoms with Gasteiger partial charge in [0.25, 0.3) is 6.43 Å². The highest BCUT2D eigenvalue weighted by molar-refractivity contribution is 6.18. The topological polar surface area (TPSA) is 38.2 Å². The van der Waals surface area contributed by atoms with E-state index < -0.39 is 13.0 Å². The second kappa shape index (κ2) is 7.31. The minimum Gasteiger partial charge on any atom is -0.478 e. The van der Waals surface area contributed by atoms with Crippen LogP contribution in [0.1, 0.15) is 12.6 Å². The third kappa shape index (κ3) is 4.60. The van der Waals surface area contributed by atoms with Gasteiger partial charge in [0, 0.05) is 24.2 Å². The van der Waals surface area contributed by atoms with Crippen LogP contribution in [0, 0.1) is 6.92 Å². The first-order chi connectivity index (χ1) is 8.56. The van der Waals surface area contributed by atoms with Crippen molar-refractivity contribution in [2.45, 2.75) is 20.3 Å². The van der Waals surface area contributed by atoms with Crippen LogP contribution in [-0.4, -0.2) is 42.0 Å². The molecule has 7 heteroatoms. The Morgan fingerprint density at radius 3 is 2.72 bits per heavy atom. The highest BCUT2D eigenvalue weighted by atomic mass is 35.5. The molecule has 4 nitrogen and oxygen atoms in total. The van der Waals surface area contributed by atoms with Crippen LogP contribution in [0.4, 0.5) is 14.7 Å². The number of nitrogens with zero attached hydrogens (tertiary/aromatic N) is 3. The van der Waals surface area contributed by atoms with Crippen LogP contribution in [-0.2, 0) is 0 Å². The Morgan fingerprint density at radius 2 is 2.17 bits per heavy atom. The van der Waals surface area contributed by atoms with Gasteiger partial charge in [-0.25, -0.2) is 13.8 Å². The van der Waals surface area contributed by atoms with Gasteiger partial charge in [-0.1, -0.05) is 0 Å². The van der Waals surface area contributed by atoms with Gasteiger partial charge in [0.15, 0.2) is 0 Å². The molecule has 1 aromatic rings. The third-order valence-electron chi connectivity index (χ3n) is 2.11. The highest BCUT2D eigenvalue weighted by Gasteiger charge is 2.16. The van der Waals surface area contributed by atoms with E-state index >= 15 is 0 Å². The van der Waals surface area contributed by atoms with Gasteiger partial charge in [-0.2, -0.15) is 4.98 Å². The number of hydrogen-bond acceptors (Lipinski definition) is 4. The van der Waals surface area contributed by atoms with Gasteiger partial charge in [0.05, 0.1) is 13.2 Å². The van der Waals surface area contributed by atoms with Crippen LogP contribution >= 0.6 is 11.6 Å². The van der Waals surface area contributed by atoms with E-state index in [9.17, 15) is 8.78 Å². The Morgan fingerprint density at radius 1 is 1.44 bits per heavy atom. The fraction of sp³-hybridized carbons (Fsp3) is 0.636. The lowest BCUT2D eigenvalue weighted by atomic mass is 10.4. The van der Waals surface area contributed by atoms with Gasteiger partial charge >= 0.3 is 0 Å². The molecule has 18 heavy (non-hydrogen) atoms. The maximum absolute atomic E-state index is 12.5. The van der Waals surface area contributed by atoms with Gasteiger partial charge in [-0.3, -0.25) is 0 Å². The standard InChI is InChI=1S/C11H16ClF2N3O/c1-3-18-10-6-8(2)15-11(16-10)17(5-4-12)7-9(13)14/h6,9H,3-5,7H2,1-2H3. The zero-order valence-electron chi connectivity index (χ0n) is 10.4. The first-order valence-corrected chi connectivity index (χ1v) is 6.17. The number of rotatable bonds is 7. The van der Waals surface area contributed by atoms with Gasteiger partial charge in [0.2, 0.25) is 11.8 Å². The molecule has 0 atom stereocenters. The van der Waals surface area contributed by atoms with Crippen molar-refractivity contribution in [3.05, 3.63) is 11.8 Å². The summed E-state index contributed by atoms with van der Waals surface area (Å²) in [5.41, 5.74) is 0.664. The minimum atomic E-state index is -2.46. The summed E-state index contributed by atoms with van der Waals surface area (Å²) in [7, 11) is 0. The number of ether oxygens (including phenoxy) is 1. The molecule has 0 saturated heterocycles. The molecule has 0 amide bonds. The average molecular weight is 280 g/mol. The summed E-state index contributed by atoms with van der Waals surface area (Å²) in [5.74, 6) is 0.835. The van der Waals surface area contributed by atoms with Crippen molar-refractivity contribution in [2.24, 2.45) is 0 Å². The molecule has 1 heterocycles. The van der Waals surface area contributed by atoms with E-state index in [1.165, 1.54) is 4.90 Å². The number of aromatic nitrogens is 2. The van der Waals surface area contributed by atoms with Crippen molar-refractivity contribution in [1.82, 2.24) is 9.97 Å². The molecule has 0 spiro atoms. The second-order valence-corrected chi connectivity index (χ2v) is 3.98. The first kappa shape index (κ1) is 14.9. The Hall–Kier alpha value is -1.17. The largest absolute Gasteiger partial charge is 0.478 e. The fourth-order valence-corrected chi connectivity index (χ4v) is 1.63. The molecular weight excluding hydrogens is 264 g/mol. The molecule has 0 radical (unpaired) electrons. The van der Waals surface area contributed by atoms with Crippen LogP contribution in [0.5, 0.6) is 5.88 Å². The molecule has 0 N–H and O–H groups in total. The van der Waals surface area contributed by atoms with Gasteiger partial charge < -0.3 is 9.64 Å². The van der Waals surface area contributed by atoms with E-state index in [0.717, 1.165) is 0 Å². The van der Waals surface area contributed by atoms with Crippen LogP contribution in [0.15, 0.2) is 6.07 Å².